The number of aromatic nitrogens is 1. The van der Waals surface area contributed by atoms with E-state index in [9.17, 15) is 4.79 Å². The van der Waals surface area contributed by atoms with Gasteiger partial charge in [0.2, 0.25) is 0 Å². The van der Waals surface area contributed by atoms with Crippen LogP contribution in [0.4, 0.5) is 0 Å². The van der Waals surface area contributed by atoms with E-state index < -0.39 is 0 Å². The molecule has 1 aliphatic carbocycles. The summed E-state index contributed by atoms with van der Waals surface area (Å²) in [6.45, 7) is 4.23. The average molecular weight is 289 g/mol. The van der Waals surface area contributed by atoms with Crippen molar-refractivity contribution < 1.29 is 4.79 Å². The highest BCUT2D eigenvalue weighted by Gasteiger charge is 2.33. The van der Waals surface area contributed by atoms with Crippen molar-refractivity contribution in [2.45, 2.75) is 26.7 Å². The lowest BCUT2D eigenvalue weighted by Gasteiger charge is -2.07. The highest BCUT2D eigenvalue weighted by Crippen LogP contribution is 2.39. The molecule has 1 aliphatic rings. The Morgan fingerprint density at radius 2 is 1.82 bits per heavy atom. The monoisotopic (exact) mass is 289 g/mol. The molecule has 22 heavy (non-hydrogen) atoms. The molecule has 4 rings (SSSR count). The van der Waals surface area contributed by atoms with E-state index in [1.165, 1.54) is 11.1 Å². The van der Waals surface area contributed by atoms with Crippen LogP contribution in [-0.4, -0.2) is 10.8 Å². The SMILES string of the molecule is Cc1ccc(-c2[nH]c3ccccc3c2C(=O)C2CC2)cc1C. The number of carbonyl (C=O) groups excluding carboxylic acids is 1. The summed E-state index contributed by atoms with van der Waals surface area (Å²) < 4.78 is 0. The molecule has 0 saturated heterocycles. The number of hydrogen-bond acceptors (Lipinski definition) is 1. The van der Waals surface area contributed by atoms with Crippen molar-refractivity contribution in [2.75, 3.05) is 0 Å². The molecule has 2 nitrogen and oxygen atoms in total. The third-order valence-corrected chi connectivity index (χ3v) is 4.70. The molecule has 1 N–H and O–H groups in total. The Balaban J connectivity index is 1.97. The van der Waals surface area contributed by atoms with Crippen LogP contribution in [-0.2, 0) is 0 Å². The molecule has 1 aromatic heterocycles. The van der Waals surface area contributed by atoms with Crippen LogP contribution in [0.3, 0.4) is 0 Å². The van der Waals surface area contributed by atoms with E-state index in [4.69, 9.17) is 0 Å². The second kappa shape index (κ2) is 4.84. The maximum Gasteiger partial charge on any atom is 0.168 e. The van der Waals surface area contributed by atoms with Crippen LogP contribution in [0.2, 0.25) is 0 Å². The lowest BCUT2D eigenvalue weighted by Crippen LogP contribution is -2.02. The van der Waals surface area contributed by atoms with E-state index in [-0.39, 0.29) is 5.92 Å². The van der Waals surface area contributed by atoms with Crippen molar-refractivity contribution in [3.05, 3.63) is 59.2 Å². The molecule has 0 bridgehead atoms. The molecule has 0 aliphatic heterocycles. The van der Waals surface area contributed by atoms with Gasteiger partial charge in [0.1, 0.15) is 0 Å². The number of nitrogens with one attached hydrogen (secondary N) is 1. The number of carbonyl (C=O) groups is 1. The molecule has 1 heterocycles. The van der Waals surface area contributed by atoms with Gasteiger partial charge >= 0.3 is 0 Å². The second-order valence-corrected chi connectivity index (χ2v) is 6.36. The number of rotatable bonds is 3. The Kier molecular flexibility index (Phi) is 2.93. The van der Waals surface area contributed by atoms with Gasteiger partial charge in [-0.1, -0.05) is 30.3 Å². The number of para-hydroxylation sites is 1. The summed E-state index contributed by atoms with van der Waals surface area (Å²) in [5, 5.41) is 1.05. The number of ketones is 1. The van der Waals surface area contributed by atoms with E-state index in [0.717, 1.165) is 40.6 Å². The van der Waals surface area contributed by atoms with Crippen LogP contribution >= 0.6 is 0 Å². The van der Waals surface area contributed by atoms with Gasteiger partial charge in [-0.2, -0.15) is 0 Å². The van der Waals surface area contributed by atoms with Gasteiger partial charge in [0, 0.05) is 16.8 Å². The Morgan fingerprint density at radius 1 is 1.05 bits per heavy atom. The van der Waals surface area contributed by atoms with E-state index in [2.05, 4.69) is 37.0 Å². The van der Waals surface area contributed by atoms with Crippen LogP contribution in [0.1, 0.15) is 34.3 Å². The summed E-state index contributed by atoms with van der Waals surface area (Å²) in [5.74, 6) is 0.523. The molecule has 110 valence electrons. The van der Waals surface area contributed by atoms with Crippen LogP contribution in [0.5, 0.6) is 0 Å². The maximum atomic E-state index is 12.8. The molecular weight excluding hydrogens is 270 g/mol. The normalized spacial score (nSPS) is 14.5. The Morgan fingerprint density at radius 3 is 2.55 bits per heavy atom. The minimum absolute atomic E-state index is 0.226. The minimum atomic E-state index is 0.226. The molecule has 0 spiro atoms. The Labute approximate surface area is 130 Å². The zero-order chi connectivity index (χ0) is 15.3. The van der Waals surface area contributed by atoms with Gasteiger partial charge in [0.25, 0.3) is 0 Å². The smallest absolute Gasteiger partial charge is 0.168 e. The first-order chi connectivity index (χ1) is 10.6. The molecule has 1 fully saturated rings. The number of aromatic amines is 1. The van der Waals surface area contributed by atoms with E-state index in [1.54, 1.807) is 0 Å². The fourth-order valence-corrected chi connectivity index (χ4v) is 3.06. The number of aryl methyl sites for hydroxylation is 2. The van der Waals surface area contributed by atoms with Crippen molar-refractivity contribution in [2.24, 2.45) is 5.92 Å². The summed E-state index contributed by atoms with van der Waals surface area (Å²) >= 11 is 0. The van der Waals surface area contributed by atoms with Crippen molar-refractivity contribution in [1.29, 1.82) is 0 Å². The molecule has 1 saturated carbocycles. The van der Waals surface area contributed by atoms with Crippen LogP contribution in [0, 0.1) is 19.8 Å². The largest absolute Gasteiger partial charge is 0.354 e. The molecule has 0 unspecified atom stereocenters. The molecule has 2 aromatic carbocycles. The lowest BCUT2D eigenvalue weighted by molar-refractivity contribution is 0.0970. The highest BCUT2D eigenvalue weighted by atomic mass is 16.1. The van der Waals surface area contributed by atoms with Crippen molar-refractivity contribution in [3.8, 4) is 11.3 Å². The predicted octanol–water partition coefficient (Wildman–Crippen LogP) is 5.04. The second-order valence-electron chi connectivity index (χ2n) is 6.36. The van der Waals surface area contributed by atoms with Gasteiger partial charge in [-0.15, -0.1) is 0 Å². The van der Waals surface area contributed by atoms with Gasteiger partial charge < -0.3 is 4.98 Å². The predicted molar refractivity (Wildman–Crippen MR) is 90.3 cm³/mol. The van der Waals surface area contributed by atoms with E-state index >= 15 is 0 Å². The highest BCUT2D eigenvalue weighted by molar-refractivity contribution is 6.14. The molecule has 0 radical (unpaired) electrons. The first-order valence-corrected chi connectivity index (χ1v) is 7.87. The number of fused-ring (bicyclic) bond motifs is 1. The molecule has 2 heteroatoms. The zero-order valence-electron chi connectivity index (χ0n) is 12.9. The van der Waals surface area contributed by atoms with Crippen LogP contribution in [0.15, 0.2) is 42.5 Å². The number of Topliss-reactive ketones (excluding diaryl/α,β-unsaturated/α-hetero) is 1. The Hall–Kier alpha value is -2.35. The third kappa shape index (κ3) is 2.07. The molecule has 3 aromatic rings. The third-order valence-electron chi connectivity index (χ3n) is 4.70. The number of hydrogen-bond donors (Lipinski definition) is 1. The lowest BCUT2D eigenvalue weighted by atomic mass is 9.97. The molecular formula is C20H19NO. The summed E-state index contributed by atoms with van der Waals surface area (Å²) in [5.41, 5.74) is 6.52. The number of H-pyrrole nitrogens is 1. The van der Waals surface area contributed by atoms with Gasteiger partial charge in [0.05, 0.1) is 11.3 Å². The van der Waals surface area contributed by atoms with Gasteiger partial charge in [0.15, 0.2) is 5.78 Å². The average Bonchev–Trinajstić information content (AvgIpc) is 3.29. The first kappa shape index (κ1) is 13.3. The fourth-order valence-electron chi connectivity index (χ4n) is 3.06. The van der Waals surface area contributed by atoms with Crippen molar-refractivity contribution in [1.82, 2.24) is 4.98 Å². The minimum Gasteiger partial charge on any atom is -0.354 e. The summed E-state index contributed by atoms with van der Waals surface area (Å²) in [6.07, 6.45) is 2.06. The molecule has 0 amide bonds. The van der Waals surface area contributed by atoms with Gasteiger partial charge in [-0.3, -0.25) is 4.79 Å². The summed E-state index contributed by atoms with van der Waals surface area (Å²) in [7, 11) is 0. The van der Waals surface area contributed by atoms with Crippen molar-refractivity contribution in [3.63, 3.8) is 0 Å². The summed E-state index contributed by atoms with van der Waals surface area (Å²) in [6, 6.07) is 14.5. The van der Waals surface area contributed by atoms with Crippen LogP contribution in [0.25, 0.3) is 22.2 Å². The first-order valence-electron chi connectivity index (χ1n) is 7.87. The van der Waals surface area contributed by atoms with Crippen LogP contribution < -0.4 is 0 Å². The number of benzene rings is 2. The fraction of sp³-hybridized carbons (Fsp3) is 0.250. The van der Waals surface area contributed by atoms with E-state index in [0.29, 0.717) is 5.78 Å². The quantitative estimate of drug-likeness (QED) is 0.673. The van der Waals surface area contributed by atoms with E-state index in [1.807, 2.05) is 24.3 Å². The molecule has 0 atom stereocenters. The topological polar surface area (TPSA) is 32.9 Å². The standard InChI is InChI=1S/C20H19NO/c1-12-7-8-15(11-13(12)2)19-18(20(22)14-9-10-14)16-5-3-4-6-17(16)21-19/h3-8,11,14,21H,9-10H2,1-2H3. The van der Waals surface area contributed by atoms with Gasteiger partial charge in [-0.05, 0) is 55.5 Å². The van der Waals surface area contributed by atoms with Crippen molar-refractivity contribution >= 4 is 16.7 Å². The zero-order valence-corrected chi connectivity index (χ0v) is 12.9. The van der Waals surface area contributed by atoms with Gasteiger partial charge in [-0.25, -0.2) is 0 Å². The maximum absolute atomic E-state index is 12.8. The Bertz CT molecular complexity index is 884. The summed E-state index contributed by atoms with van der Waals surface area (Å²) in [4.78, 5) is 16.3.